The van der Waals surface area contributed by atoms with Crippen molar-refractivity contribution < 1.29 is 18.7 Å². The predicted molar refractivity (Wildman–Crippen MR) is 60.2 cm³/mol. The van der Waals surface area contributed by atoms with Gasteiger partial charge in [0.05, 0.1) is 26.2 Å². The number of carbonyl (C=O) groups excluding carboxylic acids is 1. The van der Waals surface area contributed by atoms with Crippen LogP contribution in [0.4, 0.5) is 4.39 Å². The normalized spacial score (nSPS) is 18.6. The third kappa shape index (κ3) is 2.47. The van der Waals surface area contributed by atoms with Gasteiger partial charge in [-0.15, -0.1) is 0 Å². The number of carbonyl (C=O) groups is 1. The van der Waals surface area contributed by atoms with Gasteiger partial charge in [0.2, 0.25) is 0 Å². The lowest BCUT2D eigenvalue weighted by Crippen LogP contribution is -2.18. The number of benzene rings is 1. The summed E-state index contributed by atoms with van der Waals surface area (Å²) in [5.41, 5.74) is 2.53. The first-order chi connectivity index (χ1) is 8.11. The van der Waals surface area contributed by atoms with E-state index in [1.165, 1.54) is 19.2 Å². The zero-order valence-corrected chi connectivity index (χ0v) is 9.96. The molecule has 1 unspecified atom stereocenters. The molecule has 0 aliphatic carbocycles. The maximum absolute atomic E-state index is 13.4. The second-order valence-electron chi connectivity index (χ2n) is 4.15. The Morgan fingerprint density at radius 2 is 2.35 bits per heavy atom. The zero-order valence-electron chi connectivity index (χ0n) is 9.96. The topological polar surface area (TPSA) is 35.5 Å². The molecule has 0 N–H and O–H groups in total. The van der Waals surface area contributed by atoms with Crippen LogP contribution in [0, 0.1) is 5.82 Å². The Morgan fingerprint density at radius 3 is 3.06 bits per heavy atom. The lowest BCUT2D eigenvalue weighted by molar-refractivity contribution is -0.139. The fourth-order valence-corrected chi connectivity index (χ4v) is 2.27. The van der Waals surface area contributed by atoms with Crippen LogP contribution in [0.25, 0.3) is 0 Å². The predicted octanol–water partition coefficient (Wildman–Crippen LogP) is 2.17. The summed E-state index contributed by atoms with van der Waals surface area (Å²) >= 11 is 0. The van der Waals surface area contributed by atoms with Gasteiger partial charge in [-0.3, -0.25) is 4.79 Å². The summed E-state index contributed by atoms with van der Waals surface area (Å²) in [6.45, 7) is 2.51. The van der Waals surface area contributed by atoms with E-state index >= 15 is 0 Å². The van der Waals surface area contributed by atoms with Crippen molar-refractivity contribution in [3.05, 3.63) is 34.6 Å². The molecule has 1 aromatic rings. The van der Waals surface area contributed by atoms with E-state index in [9.17, 15) is 9.18 Å². The first kappa shape index (κ1) is 12.0. The lowest BCUT2D eigenvalue weighted by atomic mass is 9.91. The number of hydrogen-bond acceptors (Lipinski definition) is 3. The van der Waals surface area contributed by atoms with Crippen molar-refractivity contribution in [2.45, 2.75) is 25.9 Å². The highest BCUT2D eigenvalue weighted by Gasteiger charge is 2.22. The lowest BCUT2D eigenvalue weighted by Gasteiger charge is -2.25. The molecular formula is C13H15FO3. The van der Waals surface area contributed by atoms with Crippen molar-refractivity contribution in [3.63, 3.8) is 0 Å². The van der Waals surface area contributed by atoms with Crippen LogP contribution in [-0.4, -0.2) is 19.7 Å². The Bertz CT molecular complexity index is 443. The van der Waals surface area contributed by atoms with Crippen molar-refractivity contribution >= 4 is 5.97 Å². The molecular weight excluding hydrogens is 223 g/mol. The molecule has 3 nitrogen and oxygen atoms in total. The van der Waals surface area contributed by atoms with Gasteiger partial charge in [0.25, 0.3) is 0 Å². The van der Waals surface area contributed by atoms with Gasteiger partial charge in [0, 0.05) is 0 Å². The molecule has 0 amide bonds. The van der Waals surface area contributed by atoms with Gasteiger partial charge >= 0.3 is 5.97 Å². The van der Waals surface area contributed by atoms with Gasteiger partial charge in [-0.05, 0) is 42.2 Å². The van der Waals surface area contributed by atoms with Crippen LogP contribution in [-0.2, 0) is 27.1 Å². The average Bonchev–Trinajstić information content (AvgIpc) is 2.28. The molecule has 2 rings (SSSR count). The Morgan fingerprint density at radius 1 is 1.59 bits per heavy atom. The van der Waals surface area contributed by atoms with E-state index in [0.29, 0.717) is 18.6 Å². The number of hydrogen-bond donors (Lipinski definition) is 0. The minimum Gasteiger partial charge on any atom is -0.469 e. The molecule has 0 fully saturated rings. The second-order valence-corrected chi connectivity index (χ2v) is 4.15. The molecule has 0 spiro atoms. The van der Waals surface area contributed by atoms with Crippen LogP contribution in [0.5, 0.6) is 0 Å². The molecule has 0 saturated heterocycles. The molecule has 92 valence electrons. The van der Waals surface area contributed by atoms with E-state index in [-0.39, 0.29) is 24.3 Å². The zero-order chi connectivity index (χ0) is 12.4. The molecule has 1 aliphatic heterocycles. The van der Waals surface area contributed by atoms with E-state index in [2.05, 4.69) is 4.74 Å². The van der Waals surface area contributed by atoms with Crippen LogP contribution in [0.1, 0.15) is 29.7 Å². The first-order valence-corrected chi connectivity index (χ1v) is 5.61. The van der Waals surface area contributed by atoms with Gasteiger partial charge in [-0.1, -0.05) is 0 Å². The van der Waals surface area contributed by atoms with E-state index in [1.807, 2.05) is 6.92 Å². The molecule has 1 aromatic carbocycles. The van der Waals surface area contributed by atoms with Crippen molar-refractivity contribution in [2.75, 3.05) is 13.7 Å². The summed E-state index contributed by atoms with van der Waals surface area (Å²) in [5.74, 6) is -0.674. The summed E-state index contributed by atoms with van der Waals surface area (Å²) < 4.78 is 23.6. The van der Waals surface area contributed by atoms with Crippen LogP contribution in [0.2, 0.25) is 0 Å². The van der Waals surface area contributed by atoms with Gasteiger partial charge in [0.15, 0.2) is 0 Å². The fraction of sp³-hybridized carbons (Fsp3) is 0.462. The molecule has 4 heteroatoms. The summed E-state index contributed by atoms with van der Waals surface area (Å²) in [6.07, 6.45) is 0.676. The Hall–Kier alpha value is -1.42. The highest BCUT2D eigenvalue weighted by Crippen LogP contribution is 2.31. The van der Waals surface area contributed by atoms with Crippen LogP contribution >= 0.6 is 0 Å². The van der Waals surface area contributed by atoms with Crippen LogP contribution < -0.4 is 0 Å². The minimum atomic E-state index is -0.365. The molecule has 0 radical (unpaired) electrons. The average molecular weight is 238 g/mol. The maximum atomic E-state index is 13.4. The highest BCUT2D eigenvalue weighted by atomic mass is 19.1. The van der Waals surface area contributed by atoms with E-state index in [4.69, 9.17) is 4.74 Å². The number of methoxy groups -OCH3 is 1. The molecule has 0 saturated carbocycles. The number of halogens is 1. The van der Waals surface area contributed by atoms with E-state index in [0.717, 1.165) is 11.1 Å². The largest absolute Gasteiger partial charge is 0.469 e. The SMILES string of the molecule is COC(=O)Cc1cc(F)cc2c1C(C)OCC2. The van der Waals surface area contributed by atoms with Gasteiger partial charge in [0.1, 0.15) is 5.82 Å². The first-order valence-electron chi connectivity index (χ1n) is 5.61. The highest BCUT2D eigenvalue weighted by molar-refractivity contribution is 5.73. The second kappa shape index (κ2) is 4.84. The summed E-state index contributed by atoms with van der Waals surface area (Å²) in [6, 6.07) is 2.91. The number of ether oxygens (including phenoxy) is 2. The maximum Gasteiger partial charge on any atom is 0.309 e. The van der Waals surface area contributed by atoms with E-state index in [1.54, 1.807) is 0 Å². The van der Waals surface area contributed by atoms with Crippen molar-refractivity contribution in [1.29, 1.82) is 0 Å². The Kier molecular flexibility index (Phi) is 3.43. The van der Waals surface area contributed by atoms with Gasteiger partial charge in [-0.25, -0.2) is 4.39 Å². The van der Waals surface area contributed by atoms with Crippen LogP contribution in [0.3, 0.4) is 0 Å². The fourth-order valence-electron chi connectivity index (χ4n) is 2.27. The Labute approximate surface area is 99.5 Å². The van der Waals surface area contributed by atoms with Crippen LogP contribution in [0.15, 0.2) is 12.1 Å². The summed E-state index contributed by atoms with van der Waals surface area (Å²) in [5, 5.41) is 0. The molecule has 0 aromatic heterocycles. The monoisotopic (exact) mass is 238 g/mol. The molecule has 1 aliphatic rings. The van der Waals surface area contributed by atoms with Crippen molar-refractivity contribution in [1.82, 2.24) is 0 Å². The smallest absolute Gasteiger partial charge is 0.309 e. The van der Waals surface area contributed by atoms with Crippen molar-refractivity contribution in [3.8, 4) is 0 Å². The quantitative estimate of drug-likeness (QED) is 0.741. The standard InChI is InChI=1S/C13H15FO3/c1-8-13-9(3-4-17-8)5-11(14)6-10(13)7-12(15)16-2/h5-6,8H,3-4,7H2,1-2H3. The molecule has 0 bridgehead atoms. The van der Waals surface area contributed by atoms with Gasteiger partial charge in [-0.2, -0.15) is 0 Å². The van der Waals surface area contributed by atoms with E-state index < -0.39 is 0 Å². The van der Waals surface area contributed by atoms with Gasteiger partial charge < -0.3 is 9.47 Å². The molecule has 1 heterocycles. The number of esters is 1. The number of rotatable bonds is 2. The third-order valence-electron chi connectivity index (χ3n) is 3.02. The molecule has 1 atom stereocenters. The van der Waals surface area contributed by atoms with Crippen molar-refractivity contribution in [2.24, 2.45) is 0 Å². The summed E-state index contributed by atoms with van der Waals surface area (Å²) in [7, 11) is 1.33. The summed E-state index contributed by atoms with van der Waals surface area (Å²) in [4.78, 5) is 11.3. The number of fused-ring (bicyclic) bond motifs is 1. The molecule has 17 heavy (non-hydrogen) atoms. The Balaban J connectivity index is 2.42. The third-order valence-corrected chi connectivity index (χ3v) is 3.02. The minimum absolute atomic E-state index is 0.0876.